The molecule has 8 nitrogen and oxygen atoms in total. The van der Waals surface area contributed by atoms with Crippen molar-refractivity contribution >= 4 is 29.9 Å². The number of ether oxygens (including phenoxy) is 1. The van der Waals surface area contributed by atoms with Gasteiger partial charge in [0.05, 0.1) is 27.6 Å². The Hall–Kier alpha value is -2.65. The van der Waals surface area contributed by atoms with Crippen molar-refractivity contribution < 1.29 is 23.5 Å². The summed E-state index contributed by atoms with van der Waals surface area (Å²) in [7, 11) is -2.36. The van der Waals surface area contributed by atoms with Crippen LogP contribution < -0.4 is 10.2 Å². The zero-order chi connectivity index (χ0) is 30.4. The van der Waals surface area contributed by atoms with Crippen molar-refractivity contribution in [3.05, 3.63) is 64.7 Å². The van der Waals surface area contributed by atoms with Crippen LogP contribution in [0.5, 0.6) is 0 Å². The quantitative estimate of drug-likeness (QED) is 0.540. The van der Waals surface area contributed by atoms with Gasteiger partial charge in [0, 0.05) is 64.5 Å². The fraction of sp³-hybridized carbons (Fsp3) is 0.562. The Morgan fingerprint density at radius 1 is 1.12 bits per heavy atom. The molecule has 2 fully saturated rings. The maximum Gasteiger partial charge on any atom is 0.256 e. The summed E-state index contributed by atoms with van der Waals surface area (Å²) in [6, 6.07) is 13.5. The third kappa shape index (κ3) is 5.85. The fourth-order valence-electron chi connectivity index (χ4n) is 7.11. The van der Waals surface area contributed by atoms with Gasteiger partial charge in [-0.25, -0.2) is 0 Å². The number of methoxy groups -OCH3 is 1. The van der Waals surface area contributed by atoms with Gasteiger partial charge in [0.15, 0.2) is 0 Å². The first-order chi connectivity index (χ1) is 20.5. The van der Waals surface area contributed by atoms with Gasteiger partial charge in [-0.3, -0.25) is 9.59 Å². The van der Waals surface area contributed by atoms with Crippen molar-refractivity contribution in [1.82, 2.24) is 15.1 Å². The highest BCUT2D eigenvalue weighted by atomic mass is 35.5. The topological polar surface area (TPSA) is 85.3 Å². The molecule has 41 heavy (non-hydrogen) atoms. The molecule has 9 heteroatoms. The van der Waals surface area contributed by atoms with Gasteiger partial charge < -0.3 is 29.9 Å². The van der Waals surface area contributed by atoms with E-state index >= 15 is 0 Å². The van der Waals surface area contributed by atoms with Gasteiger partial charge >= 0.3 is 0 Å². The predicted octanol–water partition coefficient (Wildman–Crippen LogP) is 3.50. The first-order valence-corrected chi connectivity index (χ1v) is 14.7. The number of hydrogen-bond acceptors (Lipinski definition) is 6. The molecule has 1 spiro atoms. The van der Waals surface area contributed by atoms with E-state index in [9.17, 15) is 14.7 Å². The zero-order valence-corrected chi connectivity index (χ0v) is 24.5. The summed E-state index contributed by atoms with van der Waals surface area (Å²) in [6.07, 6.45) is 2.92. The van der Waals surface area contributed by atoms with Crippen molar-refractivity contribution in [3.63, 3.8) is 0 Å². The predicted molar refractivity (Wildman–Crippen MR) is 162 cm³/mol. The van der Waals surface area contributed by atoms with Crippen LogP contribution in [0.2, 0.25) is 0 Å². The summed E-state index contributed by atoms with van der Waals surface area (Å²) < 4.78 is 27.2. The van der Waals surface area contributed by atoms with E-state index in [0.29, 0.717) is 50.4 Å². The molecule has 2 aromatic carbocycles. The maximum absolute atomic E-state index is 13.7. The Morgan fingerprint density at radius 2 is 1.85 bits per heavy atom. The average Bonchev–Trinajstić information content (AvgIpc) is 3.11. The first-order valence-electron chi connectivity index (χ1n) is 16.2. The highest BCUT2D eigenvalue weighted by Gasteiger charge is 2.46. The van der Waals surface area contributed by atoms with Crippen molar-refractivity contribution in [2.24, 2.45) is 5.41 Å². The van der Waals surface area contributed by atoms with E-state index in [2.05, 4.69) is 22.3 Å². The molecule has 6 rings (SSSR count). The lowest BCUT2D eigenvalue weighted by Gasteiger charge is -2.51. The van der Waals surface area contributed by atoms with Crippen molar-refractivity contribution in [3.8, 4) is 0 Å². The van der Waals surface area contributed by atoms with Crippen molar-refractivity contribution in [2.45, 2.75) is 63.8 Å². The van der Waals surface area contributed by atoms with Crippen LogP contribution in [-0.2, 0) is 17.7 Å². The molecule has 2 amide bonds. The number of fused-ring (bicyclic) bond motifs is 2. The molecule has 0 bridgehead atoms. The van der Waals surface area contributed by atoms with E-state index in [1.54, 1.807) is 17.0 Å². The van der Waals surface area contributed by atoms with Gasteiger partial charge in [-0.1, -0.05) is 24.3 Å². The number of benzene rings is 2. The van der Waals surface area contributed by atoms with Gasteiger partial charge in [-0.05, 0) is 73.8 Å². The zero-order valence-electron chi connectivity index (χ0n) is 26.7. The molecule has 4 aliphatic rings. The van der Waals surface area contributed by atoms with Gasteiger partial charge in [0.25, 0.3) is 11.8 Å². The number of anilines is 1. The van der Waals surface area contributed by atoms with E-state index < -0.39 is 13.1 Å². The first kappa shape index (κ1) is 26.0. The fourth-order valence-corrected chi connectivity index (χ4v) is 7.11. The Balaban J connectivity index is 0.00000384. The lowest BCUT2D eigenvalue weighted by atomic mass is 9.61. The Labute approximate surface area is 253 Å². The van der Waals surface area contributed by atoms with Crippen LogP contribution in [0.1, 0.15) is 68.6 Å². The molecule has 1 saturated carbocycles. The third-order valence-electron chi connectivity index (χ3n) is 9.71. The lowest BCUT2D eigenvalue weighted by Crippen LogP contribution is -2.50. The average molecular weight is 586 g/mol. The summed E-state index contributed by atoms with van der Waals surface area (Å²) in [5, 5.41) is 14.6. The number of β-amino-alcohol motifs (C(OH)–C–C–N with tert-alkyl or cyclic N) is 1. The molecule has 1 aliphatic carbocycles. The summed E-state index contributed by atoms with van der Waals surface area (Å²) in [5.41, 5.74) is 4.43. The number of halogens is 1. The number of rotatable bonds is 6. The van der Waals surface area contributed by atoms with Gasteiger partial charge in [-0.2, -0.15) is 0 Å². The maximum atomic E-state index is 13.7. The summed E-state index contributed by atoms with van der Waals surface area (Å²) in [5.74, 6) is -0.171. The standard InChI is InChI=1S/C32H42N4O4.ClH/c1-3-34-14-15-36(21-29(37)27-16-22-6-4-5-7-24(22)20-33-27)31(39)26-9-8-23(17-28(26)34)30(38)35-12-10-32(11-13-35)18-25(19-32)40-2;/h4-9,17,25,27,29,33,37H,3,10-16,18-21H2,1-2H3;1H/t27-,29+;/m0./s1/i2D3;. The Kier molecular flexibility index (Phi) is 7.80. The minimum atomic E-state index is -2.36. The molecule has 0 radical (unpaired) electrons. The molecule has 0 unspecified atom stereocenters. The molecule has 2 aromatic rings. The number of aliphatic hydroxyl groups excluding tert-OH is 1. The molecule has 2 atom stereocenters. The van der Waals surface area contributed by atoms with Crippen LogP contribution >= 0.6 is 12.4 Å². The normalized spacial score (nSPS) is 24.1. The third-order valence-corrected chi connectivity index (χ3v) is 9.71. The number of nitrogens with zero attached hydrogens (tertiary/aromatic N) is 3. The van der Waals surface area contributed by atoms with Crippen LogP contribution in [0.3, 0.4) is 0 Å². The van der Waals surface area contributed by atoms with Gasteiger partial charge in [0.2, 0.25) is 0 Å². The van der Waals surface area contributed by atoms with Gasteiger partial charge in [0.1, 0.15) is 0 Å². The second-order valence-electron chi connectivity index (χ2n) is 12.0. The van der Waals surface area contributed by atoms with E-state index in [-0.39, 0.29) is 48.3 Å². The summed E-state index contributed by atoms with van der Waals surface area (Å²) >= 11 is 0. The minimum Gasteiger partial charge on any atom is -0.390 e. The number of likely N-dealkylation sites (N-methyl/N-ethyl adjacent to an activating group) is 1. The lowest BCUT2D eigenvalue weighted by molar-refractivity contribution is -0.0841. The van der Waals surface area contributed by atoms with Crippen molar-refractivity contribution in [2.75, 3.05) is 51.2 Å². The second-order valence-corrected chi connectivity index (χ2v) is 12.0. The largest absolute Gasteiger partial charge is 0.390 e. The Morgan fingerprint density at radius 3 is 2.59 bits per heavy atom. The molecule has 222 valence electrons. The number of piperidine rings is 1. The number of hydrogen-bond donors (Lipinski definition) is 2. The van der Waals surface area contributed by atoms with E-state index in [1.165, 1.54) is 11.1 Å². The van der Waals surface area contributed by atoms with Crippen LogP contribution in [0.4, 0.5) is 5.69 Å². The van der Waals surface area contributed by atoms with Crippen LogP contribution in [0.15, 0.2) is 42.5 Å². The van der Waals surface area contributed by atoms with Crippen LogP contribution in [-0.4, -0.2) is 91.3 Å². The van der Waals surface area contributed by atoms with Crippen molar-refractivity contribution in [1.29, 1.82) is 0 Å². The van der Waals surface area contributed by atoms with Crippen LogP contribution in [0.25, 0.3) is 0 Å². The monoisotopic (exact) mass is 585 g/mol. The molecular formula is C32H43ClN4O4. The number of aliphatic hydroxyl groups is 1. The molecule has 2 N–H and O–H groups in total. The molecule has 3 aliphatic heterocycles. The molecular weight excluding hydrogens is 540 g/mol. The second kappa shape index (κ2) is 12.3. The number of carbonyl (C=O) groups excluding carboxylic acids is 2. The SMILES string of the molecule is Cl.[2H]C([2H])([2H])OC1CC2(CCN(C(=O)c3ccc4c(c3)N(CC)CCN(C[C@@H](O)[C@@H]3Cc5ccccc5CN3)C4=O)CC2)C1. The highest BCUT2D eigenvalue weighted by molar-refractivity contribution is 6.03. The number of nitrogens with one attached hydrogen (secondary N) is 1. The minimum absolute atomic E-state index is 0. The van der Waals surface area contributed by atoms with Gasteiger partial charge in [-0.15, -0.1) is 12.4 Å². The molecule has 0 aromatic heterocycles. The Bertz CT molecular complexity index is 1360. The van der Waals surface area contributed by atoms with E-state index in [1.807, 2.05) is 30.0 Å². The molecule has 1 saturated heterocycles. The van der Waals surface area contributed by atoms with Crippen LogP contribution in [0, 0.1) is 5.41 Å². The smallest absolute Gasteiger partial charge is 0.256 e. The molecule has 3 heterocycles. The number of amides is 2. The highest BCUT2D eigenvalue weighted by Crippen LogP contribution is 2.50. The summed E-state index contributed by atoms with van der Waals surface area (Å²) in [6.45, 7) is 6.04. The van der Waals surface area contributed by atoms with E-state index in [0.717, 1.165) is 37.8 Å². The van der Waals surface area contributed by atoms with E-state index in [4.69, 9.17) is 8.85 Å². The summed E-state index contributed by atoms with van der Waals surface area (Å²) in [4.78, 5) is 33.1. The number of carbonyl (C=O) groups is 2. The number of likely N-dealkylation sites (tertiary alicyclic amines) is 1.